The Morgan fingerprint density at radius 1 is 1.43 bits per heavy atom. The molecule has 0 aromatic heterocycles. The van der Waals surface area contributed by atoms with Gasteiger partial charge in [0.05, 0.1) is 5.56 Å². The van der Waals surface area contributed by atoms with Crippen molar-refractivity contribution in [3.8, 4) is 0 Å². The van der Waals surface area contributed by atoms with Crippen molar-refractivity contribution in [1.82, 2.24) is 5.32 Å². The van der Waals surface area contributed by atoms with Gasteiger partial charge in [0.1, 0.15) is 0 Å². The van der Waals surface area contributed by atoms with E-state index in [4.69, 9.17) is 0 Å². The molecule has 2 atom stereocenters. The van der Waals surface area contributed by atoms with Crippen molar-refractivity contribution in [1.29, 1.82) is 0 Å². The van der Waals surface area contributed by atoms with Crippen LogP contribution in [0.4, 0.5) is 18.9 Å². The number of carbonyl (C=O) groups excluding carboxylic acids is 1. The smallest absolute Gasteiger partial charge is 0.326 e. The first-order valence-electron chi connectivity index (χ1n) is 7.11. The second kappa shape index (κ2) is 6.47. The molecule has 2 N–H and O–H groups in total. The molecular formula is C15H19F3N2O. The van der Waals surface area contributed by atoms with Gasteiger partial charge < -0.3 is 10.6 Å². The highest BCUT2D eigenvalue weighted by molar-refractivity contribution is 5.92. The van der Waals surface area contributed by atoms with E-state index in [0.29, 0.717) is 12.5 Å². The Hall–Kier alpha value is -1.56. The number of halogens is 3. The van der Waals surface area contributed by atoms with Gasteiger partial charge in [-0.05, 0) is 44.0 Å². The predicted molar refractivity (Wildman–Crippen MR) is 74.9 cm³/mol. The van der Waals surface area contributed by atoms with E-state index >= 15 is 0 Å². The van der Waals surface area contributed by atoms with Crippen LogP contribution < -0.4 is 10.6 Å². The SMILES string of the molecule is CCC1CC(C(=O)Nc2cccc(C(F)(F)F)c2)CCN1. The second-order valence-corrected chi connectivity index (χ2v) is 5.35. The minimum absolute atomic E-state index is 0.147. The Morgan fingerprint density at radius 3 is 2.86 bits per heavy atom. The molecule has 0 bridgehead atoms. The summed E-state index contributed by atoms with van der Waals surface area (Å²) in [6, 6.07) is 5.04. The molecular weight excluding hydrogens is 281 g/mol. The van der Waals surface area contributed by atoms with E-state index in [0.717, 1.165) is 31.5 Å². The molecule has 0 radical (unpaired) electrons. The van der Waals surface area contributed by atoms with Gasteiger partial charge in [-0.25, -0.2) is 0 Å². The summed E-state index contributed by atoms with van der Waals surface area (Å²) in [5.41, 5.74) is -0.557. The van der Waals surface area contributed by atoms with Crippen LogP contribution in [0.5, 0.6) is 0 Å². The molecule has 1 saturated heterocycles. The third kappa shape index (κ3) is 4.20. The van der Waals surface area contributed by atoms with Gasteiger partial charge in [-0.15, -0.1) is 0 Å². The molecule has 0 aliphatic carbocycles. The first kappa shape index (κ1) is 15.8. The summed E-state index contributed by atoms with van der Waals surface area (Å²) < 4.78 is 37.9. The number of anilines is 1. The fourth-order valence-corrected chi connectivity index (χ4v) is 2.57. The van der Waals surface area contributed by atoms with E-state index in [1.165, 1.54) is 12.1 Å². The lowest BCUT2D eigenvalue weighted by Crippen LogP contribution is -2.41. The van der Waals surface area contributed by atoms with E-state index < -0.39 is 11.7 Å². The predicted octanol–water partition coefficient (Wildman–Crippen LogP) is 3.42. The van der Waals surface area contributed by atoms with E-state index in [9.17, 15) is 18.0 Å². The van der Waals surface area contributed by atoms with Crippen molar-refractivity contribution in [3.05, 3.63) is 29.8 Å². The molecule has 1 aliphatic heterocycles. The number of rotatable bonds is 3. The van der Waals surface area contributed by atoms with Gasteiger partial charge in [-0.3, -0.25) is 4.79 Å². The van der Waals surface area contributed by atoms with Crippen molar-refractivity contribution >= 4 is 11.6 Å². The lowest BCUT2D eigenvalue weighted by Gasteiger charge is -2.28. The number of hydrogen-bond acceptors (Lipinski definition) is 2. The molecule has 1 aliphatic rings. The molecule has 116 valence electrons. The van der Waals surface area contributed by atoms with Gasteiger partial charge >= 0.3 is 6.18 Å². The highest BCUT2D eigenvalue weighted by Gasteiger charge is 2.31. The van der Waals surface area contributed by atoms with Gasteiger partial charge in [-0.1, -0.05) is 13.0 Å². The number of piperidine rings is 1. The van der Waals surface area contributed by atoms with Crippen molar-refractivity contribution in [2.24, 2.45) is 5.92 Å². The zero-order valence-electron chi connectivity index (χ0n) is 11.8. The molecule has 1 aromatic carbocycles. The standard InChI is InChI=1S/C15H19F3N2O/c1-2-12-8-10(6-7-19-12)14(21)20-13-5-3-4-11(9-13)15(16,17)18/h3-5,9-10,12,19H,2,6-8H2,1H3,(H,20,21). The number of benzene rings is 1. The van der Waals surface area contributed by atoms with Crippen LogP contribution in [0, 0.1) is 5.92 Å². The third-order valence-corrected chi connectivity index (χ3v) is 3.82. The summed E-state index contributed by atoms with van der Waals surface area (Å²) in [6.07, 6.45) is -2.03. The Bertz CT molecular complexity index is 502. The fraction of sp³-hybridized carbons (Fsp3) is 0.533. The number of alkyl halides is 3. The normalized spacial score (nSPS) is 22.9. The van der Waals surface area contributed by atoms with E-state index in [-0.39, 0.29) is 17.5 Å². The van der Waals surface area contributed by atoms with Gasteiger partial charge in [-0.2, -0.15) is 13.2 Å². The summed E-state index contributed by atoms with van der Waals surface area (Å²) in [6.45, 7) is 2.81. The van der Waals surface area contributed by atoms with Crippen LogP contribution >= 0.6 is 0 Å². The number of carbonyl (C=O) groups is 1. The minimum atomic E-state index is -4.40. The first-order valence-corrected chi connectivity index (χ1v) is 7.11. The molecule has 6 heteroatoms. The summed E-state index contributed by atoms with van der Waals surface area (Å²) >= 11 is 0. The molecule has 3 nitrogen and oxygen atoms in total. The molecule has 0 spiro atoms. The highest BCUT2D eigenvalue weighted by atomic mass is 19.4. The zero-order chi connectivity index (χ0) is 15.5. The maximum atomic E-state index is 12.6. The van der Waals surface area contributed by atoms with Crippen LogP contribution in [-0.2, 0) is 11.0 Å². The van der Waals surface area contributed by atoms with Crippen LogP contribution in [0.15, 0.2) is 24.3 Å². The Kier molecular flexibility index (Phi) is 4.88. The van der Waals surface area contributed by atoms with Gasteiger partial charge in [0.2, 0.25) is 5.91 Å². The largest absolute Gasteiger partial charge is 0.416 e. The summed E-state index contributed by atoms with van der Waals surface area (Å²) in [7, 11) is 0. The van der Waals surface area contributed by atoms with Crippen molar-refractivity contribution in [2.75, 3.05) is 11.9 Å². The Morgan fingerprint density at radius 2 is 2.19 bits per heavy atom. The molecule has 1 aromatic rings. The van der Waals surface area contributed by atoms with E-state index in [1.807, 2.05) is 6.92 Å². The van der Waals surface area contributed by atoms with E-state index in [2.05, 4.69) is 10.6 Å². The number of hydrogen-bond donors (Lipinski definition) is 2. The molecule has 21 heavy (non-hydrogen) atoms. The third-order valence-electron chi connectivity index (χ3n) is 3.82. The quantitative estimate of drug-likeness (QED) is 0.898. The minimum Gasteiger partial charge on any atom is -0.326 e. The zero-order valence-corrected chi connectivity index (χ0v) is 11.8. The number of nitrogens with one attached hydrogen (secondary N) is 2. The lowest BCUT2D eigenvalue weighted by atomic mass is 9.90. The van der Waals surface area contributed by atoms with Crippen LogP contribution in [0.2, 0.25) is 0 Å². The Labute approximate surface area is 121 Å². The second-order valence-electron chi connectivity index (χ2n) is 5.35. The maximum Gasteiger partial charge on any atom is 0.416 e. The summed E-state index contributed by atoms with van der Waals surface area (Å²) in [5.74, 6) is -0.347. The monoisotopic (exact) mass is 300 g/mol. The fourth-order valence-electron chi connectivity index (χ4n) is 2.57. The number of amides is 1. The average molecular weight is 300 g/mol. The average Bonchev–Trinajstić information content (AvgIpc) is 2.46. The maximum absolute atomic E-state index is 12.6. The van der Waals surface area contributed by atoms with Gasteiger partial charge in [0.25, 0.3) is 0 Å². The van der Waals surface area contributed by atoms with Crippen molar-refractivity contribution < 1.29 is 18.0 Å². The highest BCUT2D eigenvalue weighted by Crippen LogP contribution is 2.31. The Balaban J connectivity index is 2.02. The lowest BCUT2D eigenvalue weighted by molar-refractivity contribution is -0.137. The van der Waals surface area contributed by atoms with Crippen molar-refractivity contribution in [3.63, 3.8) is 0 Å². The summed E-state index contributed by atoms with van der Waals surface area (Å²) in [4.78, 5) is 12.2. The molecule has 1 fully saturated rings. The van der Waals surface area contributed by atoms with Crippen LogP contribution in [0.3, 0.4) is 0 Å². The van der Waals surface area contributed by atoms with Gasteiger partial charge in [0.15, 0.2) is 0 Å². The van der Waals surface area contributed by atoms with Crippen LogP contribution in [0.25, 0.3) is 0 Å². The molecule has 1 heterocycles. The summed E-state index contributed by atoms with van der Waals surface area (Å²) in [5, 5.41) is 5.92. The van der Waals surface area contributed by atoms with Gasteiger partial charge in [0, 0.05) is 17.6 Å². The van der Waals surface area contributed by atoms with E-state index in [1.54, 1.807) is 0 Å². The van der Waals surface area contributed by atoms with Crippen LogP contribution in [-0.4, -0.2) is 18.5 Å². The molecule has 0 saturated carbocycles. The van der Waals surface area contributed by atoms with Crippen LogP contribution in [0.1, 0.15) is 31.7 Å². The molecule has 1 amide bonds. The first-order chi connectivity index (χ1) is 9.90. The molecule has 2 rings (SSSR count). The molecule has 2 unspecified atom stereocenters. The van der Waals surface area contributed by atoms with Crippen molar-refractivity contribution in [2.45, 2.75) is 38.4 Å². The topological polar surface area (TPSA) is 41.1 Å².